The molecule has 3 aromatic carbocycles. The molecule has 0 fully saturated rings. The van der Waals surface area contributed by atoms with Crippen LogP contribution in [0.4, 0.5) is 0 Å². The van der Waals surface area contributed by atoms with Gasteiger partial charge in [0.05, 0.1) is 17.5 Å². The summed E-state index contributed by atoms with van der Waals surface area (Å²) in [6, 6.07) is 21.2. The van der Waals surface area contributed by atoms with Crippen molar-refractivity contribution < 1.29 is 4.74 Å². The Kier molecular flexibility index (Phi) is 6.91. The summed E-state index contributed by atoms with van der Waals surface area (Å²) in [6.07, 6.45) is 2.76. The molecule has 0 unspecified atom stereocenters. The third-order valence-corrected chi connectivity index (χ3v) is 5.90. The normalized spacial score (nSPS) is 11.1. The maximum Gasteiger partial charge on any atom is 0.261 e. The van der Waals surface area contributed by atoms with Crippen molar-refractivity contribution in [2.24, 2.45) is 0 Å². The van der Waals surface area contributed by atoms with Gasteiger partial charge in [-0.05, 0) is 80.6 Å². The summed E-state index contributed by atoms with van der Waals surface area (Å²) in [4.78, 5) is 18.0. The molecule has 5 heteroatoms. The number of aromatic nitrogens is 2. The Hall–Kier alpha value is -3.11. The quantitative estimate of drug-likeness (QED) is 0.287. The number of fused-ring (bicyclic) bond motifs is 1. The molecule has 0 aliphatic heterocycles. The second kappa shape index (κ2) is 10.0. The molecule has 1 heterocycles. The lowest BCUT2D eigenvalue weighted by molar-refractivity contribution is 0.300. The van der Waals surface area contributed by atoms with Crippen LogP contribution < -0.4 is 10.3 Å². The highest BCUT2D eigenvalue weighted by atomic mass is 35.5. The number of benzene rings is 3. The summed E-state index contributed by atoms with van der Waals surface area (Å²) in [6.45, 7) is 5.41. The third-order valence-electron chi connectivity index (χ3n) is 5.65. The number of unbranched alkanes of at least 4 members (excludes halogenated alkanes) is 2. The summed E-state index contributed by atoms with van der Waals surface area (Å²) in [5.41, 5.74) is 3.90. The molecule has 164 valence electrons. The Labute approximate surface area is 193 Å². The number of ether oxygens (including phenoxy) is 1. The van der Waals surface area contributed by atoms with Gasteiger partial charge >= 0.3 is 0 Å². The van der Waals surface area contributed by atoms with Crippen LogP contribution in [0.15, 0.2) is 71.5 Å². The first kappa shape index (κ1) is 22.1. The van der Waals surface area contributed by atoms with Crippen molar-refractivity contribution in [3.05, 3.63) is 93.2 Å². The molecule has 0 radical (unpaired) electrons. The first-order valence-electron chi connectivity index (χ1n) is 11.0. The largest absolute Gasteiger partial charge is 0.493 e. The van der Waals surface area contributed by atoms with E-state index in [-0.39, 0.29) is 5.56 Å². The number of aryl methyl sites for hydroxylation is 2. The van der Waals surface area contributed by atoms with Gasteiger partial charge in [0.15, 0.2) is 0 Å². The number of rotatable bonds is 8. The van der Waals surface area contributed by atoms with E-state index >= 15 is 0 Å². The predicted octanol–water partition coefficient (Wildman–Crippen LogP) is 6.58. The van der Waals surface area contributed by atoms with Crippen LogP contribution >= 0.6 is 11.6 Å². The highest BCUT2D eigenvalue weighted by Crippen LogP contribution is 2.23. The Bertz CT molecular complexity index is 1260. The van der Waals surface area contributed by atoms with Crippen molar-refractivity contribution in [2.45, 2.75) is 39.7 Å². The maximum atomic E-state index is 13.2. The van der Waals surface area contributed by atoms with Crippen LogP contribution in [0.3, 0.4) is 0 Å². The van der Waals surface area contributed by atoms with Gasteiger partial charge < -0.3 is 4.74 Å². The van der Waals surface area contributed by atoms with Crippen molar-refractivity contribution in [1.29, 1.82) is 0 Å². The molecular weight excluding hydrogens is 420 g/mol. The van der Waals surface area contributed by atoms with Gasteiger partial charge in [0.2, 0.25) is 0 Å². The molecule has 4 rings (SSSR count). The minimum absolute atomic E-state index is 0.00710. The second-order valence-corrected chi connectivity index (χ2v) is 8.48. The van der Waals surface area contributed by atoms with Crippen LogP contribution in [0.5, 0.6) is 5.75 Å². The number of nitrogens with zero attached hydrogens (tertiary/aromatic N) is 2. The first-order chi connectivity index (χ1) is 15.5. The summed E-state index contributed by atoms with van der Waals surface area (Å²) in [5.74, 6) is 1.66. The lowest BCUT2D eigenvalue weighted by Crippen LogP contribution is -2.23. The van der Waals surface area contributed by atoms with Gasteiger partial charge in [0, 0.05) is 17.1 Å². The fraction of sp³-hybridized carbons (Fsp3) is 0.259. The molecule has 0 spiro atoms. The fourth-order valence-corrected chi connectivity index (χ4v) is 4.07. The van der Waals surface area contributed by atoms with Crippen LogP contribution in [-0.2, 0) is 6.54 Å². The van der Waals surface area contributed by atoms with E-state index in [0.717, 1.165) is 41.7 Å². The van der Waals surface area contributed by atoms with E-state index in [1.54, 1.807) is 4.57 Å². The lowest BCUT2D eigenvalue weighted by Gasteiger charge is -2.14. The summed E-state index contributed by atoms with van der Waals surface area (Å²) >= 11 is 6.06. The molecule has 0 N–H and O–H groups in total. The molecule has 0 amide bonds. The highest BCUT2D eigenvalue weighted by Gasteiger charge is 2.12. The zero-order valence-electron chi connectivity index (χ0n) is 18.5. The van der Waals surface area contributed by atoms with Crippen molar-refractivity contribution in [3.63, 3.8) is 0 Å². The van der Waals surface area contributed by atoms with E-state index in [0.29, 0.717) is 34.9 Å². The van der Waals surface area contributed by atoms with Crippen LogP contribution in [0.25, 0.3) is 22.3 Å². The van der Waals surface area contributed by atoms with Gasteiger partial charge in [-0.2, -0.15) is 0 Å². The van der Waals surface area contributed by atoms with E-state index in [4.69, 9.17) is 21.3 Å². The molecule has 0 atom stereocenters. The molecule has 0 bridgehead atoms. The maximum absolute atomic E-state index is 13.2. The third kappa shape index (κ3) is 4.86. The molecule has 0 aliphatic carbocycles. The minimum Gasteiger partial charge on any atom is -0.493 e. The van der Waals surface area contributed by atoms with E-state index in [9.17, 15) is 4.79 Å². The Morgan fingerprint density at radius 2 is 1.59 bits per heavy atom. The Morgan fingerprint density at radius 1 is 0.875 bits per heavy atom. The van der Waals surface area contributed by atoms with Gasteiger partial charge in [-0.3, -0.25) is 9.36 Å². The predicted molar refractivity (Wildman–Crippen MR) is 132 cm³/mol. The van der Waals surface area contributed by atoms with Crippen LogP contribution in [0, 0.1) is 13.8 Å². The van der Waals surface area contributed by atoms with Crippen molar-refractivity contribution in [3.8, 4) is 17.1 Å². The van der Waals surface area contributed by atoms with Gasteiger partial charge in [-0.15, -0.1) is 0 Å². The lowest BCUT2D eigenvalue weighted by atomic mass is 10.1. The molecule has 0 saturated heterocycles. The van der Waals surface area contributed by atoms with Gasteiger partial charge in [0.25, 0.3) is 5.56 Å². The zero-order chi connectivity index (χ0) is 22.5. The smallest absolute Gasteiger partial charge is 0.261 e. The molecular formula is C27H27ClN2O2. The van der Waals surface area contributed by atoms with E-state index in [1.807, 2.05) is 54.6 Å². The van der Waals surface area contributed by atoms with Crippen LogP contribution in [0.2, 0.25) is 5.02 Å². The van der Waals surface area contributed by atoms with E-state index < -0.39 is 0 Å². The second-order valence-electron chi connectivity index (χ2n) is 8.05. The fourth-order valence-electron chi connectivity index (χ4n) is 3.94. The average Bonchev–Trinajstić information content (AvgIpc) is 2.79. The standard InChI is InChI=1S/C27H27ClN2O2/c1-19-9-8-10-20(2)25(19)32-18-7-3-6-17-30-26(21-13-15-22(28)16-14-21)29-24-12-5-4-11-23(24)27(30)31/h4-5,8-16H,3,6-7,17-18H2,1-2H3. The minimum atomic E-state index is -0.00710. The SMILES string of the molecule is Cc1cccc(C)c1OCCCCCn1c(-c2ccc(Cl)cc2)nc2ccccc2c1=O. The van der Waals surface area contributed by atoms with Crippen LogP contribution in [-0.4, -0.2) is 16.2 Å². The van der Waals surface area contributed by atoms with E-state index in [1.165, 1.54) is 0 Å². The molecule has 1 aromatic heterocycles. The monoisotopic (exact) mass is 446 g/mol. The van der Waals surface area contributed by atoms with Gasteiger partial charge in [-0.1, -0.05) is 41.9 Å². The summed E-state index contributed by atoms with van der Waals surface area (Å²) < 4.78 is 7.80. The van der Waals surface area contributed by atoms with Gasteiger partial charge in [-0.25, -0.2) is 4.98 Å². The first-order valence-corrected chi connectivity index (χ1v) is 11.4. The van der Waals surface area contributed by atoms with Crippen molar-refractivity contribution in [2.75, 3.05) is 6.61 Å². The van der Waals surface area contributed by atoms with E-state index in [2.05, 4.69) is 26.0 Å². The van der Waals surface area contributed by atoms with Gasteiger partial charge in [0.1, 0.15) is 11.6 Å². The molecule has 4 nitrogen and oxygen atoms in total. The van der Waals surface area contributed by atoms with Crippen molar-refractivity contribution in [1.82, 2.24) is 9.55 Å². The number of hydrogen-bond acceptors (Lipinski definition) is 3. The topological polar surface area (TPSA) is 44.1 Å². The van der Waals surface area contributed by atoms with Crippen molar-refractivity contribution >= 4 is 22.5 Å². The molecule has 0 saturated carbocycles. The molecule has 32 heavy (non-hydrogen) atoms. The Balaban J connectivity index is 1.47. The Morgan fingerprint density at radius 3 is 2.34 bits per heavy atom. The summed E-state index contributed by atoms with van der Waals surface area (Å²) in [7, 11) is 0. The highest BCUT2D eigenvalue weighted by molar-refractivity contribution is 6.30. The summed E-state index contributed by atoms with van der Waals surface area (Å²) in [5, 5.41) is 1.30. The zero-order valence-corrected chi connectivity index (χ0v) is 19.2. The number of halogens is 1. The van der Waals surface area contributed by atoms with Crippen LogP contribution in [0.1, 0.15) is 30.4 Å². The average molecular weight is 447 g/mol. The number of hydrogen-bond donors (Lipinski definition) is 0. The molecule has 4 aromatic rings. The number of para-hydroxylation sites is 2. The molecule has 0 aliphatic rings.